The maximum absolute atomic E-state index is 13.6. The molecule has 0 bridgehead atoms. The Bertz CT molecular complexity index is 1240. The van der Waals surface area contributed by atoms with Crippen LogP contribution in [-0.4, -0.2) is 37.0 Å². The fourth-order valence-electron chi connectivity index (χ4n) is 4.45. The molecule has 3 aromatic rings. The predicted molar refractivity (Wildman–Crippen MR) is 148 cm³/mol. The first-order chi connectivity index (χ1) is 18.5. The minimum Gasteiger partial charge on any atom is -0.363 e. The molecule has 0 radical (unpaired) electrons. The molecule has 0 unspecified atom stereocenters. The van der Waals surface area contributed by atoms with Gasteiger partial charge in [-0.05, 0) is 59.7 Å². The van der Waals surface area contributed by atoms with Gasteiger partial charge in [0.25, 0.3) is 0 Å². The van der Waals surface area contributed by atoms with Crippen molar-refractivity contribution in [1.29, 1.82) is 0 Å². The lowest BCUT2D eigenvalue weighted by Gasteiger charge is -2.25. The molecule has 8 heteroatoms. The maximum atomic E-state index is 13.6. The van der Waals surface area contributed by atoms with Crippen LogP contribution >= 0.6 is 0 Å². The smallest absolute Gasteiger partial charge is 0.245 e. The van der Waals surface area contributed by atoms with Gasteiger partial charge in [0.2, 0.25) is 11.8 Å². The van der Waals surface area contributed by atoms with Crippen LogP contribution in [0.2, 0.25) is 0 Å². The van der Waals surface area contributed by atoms with Crippen molar-refractivity contribution in [2.75, 3.05) is 28.6 Å². The Kier molecular flexibility index (Phi) is 7.92. The molecule has 7 nitrogen and oxygen atoms in total. The summed E-state index contributed by atoms with van der Waals surface area (Å²) in [6.07, 6.45) is 7.59. The molecule has 5 rings (SSSR count). The average Bonchev–Trinajstić information content (AvgIpc) is 3.66. The zero-order valence-electron chi connectivity index (χ0n) is 20.9. The minimum absolute atomic E-state index is 0.0879. The molecule has 3 aromatic carbocycles. The van der Waals surface area contributed by atoms with Crippen molar-refractivity contribution >= 4 is 28.9 Å². The lowest BCUT2D eigenvalue weighted by atomic mass is 10.1. The van der Waals surface area contributed by atoms with Gasteiger partial charge in [-0.1, -0.05) is 48.6 Å². The fraction of sp³-hybridized carbons (Fsp3) is 0.200. The third-order valence-corrected chi connectivity index (χ3v) is 6.51. The third-order valence-electron chi connectivity index (χ3n) is 6.51. The fourth-order valence-corrected chi connectivity index (χ4v) is 4.45. The van der Waals surface area contributed by atoms with E-state index in [1.54, 1.807) is 12.1 Å². The van der Waals surface area contributed by atoms with Crippen molar-refractivity contribution in [2.24, 2.45) is 0 Å². The second-order valence-electron chi connectivity index (χ2n) is 9.33. The lowest BCUT2D eigenvalue weighted by molar-refractivity contribution is -0.117. The SMILES string of the molecule is O=C(Nc1ccc(CN(Cc2ccc(NC(=O)[C@@H]3C=CCN3)cc2)c2ccc(F)cc2)cc1)[C@@H]1C=CCN1. The molecule has 38 heavy (non-hydrogen) atoms. The van der Waals surface area contributed by atoms with E-state index in [1.807, 2.05) is 72.8 Å². The van der Waals surface area contributed by atoms with Gasteiger partial charge in [-0.2, -0.15) is 0 Å². The van der Waals surface area contributed by atoms with Crippen LogP contribution in [0.25, 0.3) is 0 Å². The first-order valence-corrected chi connectivity index (χ1v) is 12.6. The van der Waals surface area contributed by atoms with E-state index in [2.05, 4.69) is 26.2 Å². The zero-order chi connectivity index (χ0) is 26.3. The summed E-state index contributed by atoms with van der Waals surface area (Å²) in [5.41, 5.74) is 4.45. The summed E-state index contributed by atoms with van der Waals surface area (Å²) in [5, 5.41) is 12.1. The molecule has 2 atom stereocenters. The molecule has 0 aliphatic carbocycles. The van der Waals surface area contributed by atoms with Crippen LogP contribution in [0.1, 0.15) is 11.1 Å². The van der Waals surface area contributed by atoms with Gasteiger partial charge in [-0.25, -0.2) is 4.39 Å². The summed E-state index contributed by atoms with van der Waals surface area (Å²) < 4.78 is 13.6. The number of hydrogen-bond acceptors (Lipinski definition) is 5. The summed E-state index contributed by atoms with van der Waals surface area (Å²) >= 11 is 0. The van der Waals surface area contributed by atoms with Crippen LogP contribution in [0.4, 0.5) is 21.5 Å². The van der Waals surface area contributed by atoms with Crippen LogP contribution in [0.15, 0.2) is 97.1 Å². The van der Waals surface area contributed by atoms with Crippen LogP contribution in [0.5, 0.6) is 0 Å². The highest BCUT2D eigenvalue weighted by atomic mass is 19.1. The molecule has 0 spiro atoms. The Hall–Kier alpha value is -4.27. The van der Waals surface area contributed by atoms with Gasteiger partial charge >= 0.3 is 0 Å². The van der Waals surface area contributed by atoms with E-state index in [-0.39, 0.29) is 29.7 Å². The Balaban J connectivity index is 1.25. The second kappa shape index (κ2) is 11.9. The number of nitrogens with zero attached hydrogens (tertiary/aromatic N) is 1. The first-order valence-electron chi connectivity index (χ1n) is 12.6. The quantitative estimate of drug-likeness (QED) is 0.327. The molecule has 0 saturated carbocycles. The maximum Gasteiger partial charge on any atom is 0.245 e. The third kappa shape index (κ3) is 6.53. The number of anilines is 3. The van der Waals surface area contributed by atoms with Gasteiger partial charge in [0.05, 0.1) is 0 Å². The van der Waals surface area contributed by atoms with Gasteiger partial charge in [0, 0.05) is 43.2 Å². The number of halogens is 1. The predicted octanol–water partition coefficient (Wildman–Crippen LogP) is 3.97. The number of carbonyl (C=O) groups is 2. The number of benzene rings is 3. The molecule has 2 heterocycles. The highest BCUT2D eigenvalue weighted by Crippen LogP contribution is 2.23. The van der Waals surface area contributed by atoms with Crippen molar-refractivity contribution in [3.8, 4) is 0 Å². The molecule has 2 amide bonds. The molecule has 2 aliphatic rings. The van der Waals surface area contributed by atoms with Crippen LogP contribution in [0.3, 0.4) is 0 Å². The zero-order valence-corrected chi connectivity index (χ0v) is 20.9. The van der Waals surface area contributed by atoms with Crippen LogP contribution in [0, 0.1) is 5.82 Å². The lowest BCUT2D eigenvalue weighted by Crippen LogP contribution is -2.35. The van der Waals surface area contributed by atoms with E-state index < -0.39 is 0 Å². The van der Waals surface area contributed by atoms with Crippen molar-refractivity contribution in [3.05, 3.63) is 114 Å². The van der Waals surface area contributed by atoms with Gasteiger partial charge in [-0.3, -0.25) is 20.2 Å². The standard InChI is InChI=1S/C30H30FN5O2/c31-23-9-15-26(16-10-23)36(19-21-5-11-24(12-6-21)34-29(37)27-3-1-17-32-27)20-22-7-13-25(14-8-22)35-30(38)28-4-2-18-33-28/h1-16,27-28,32-33H,17-20H2,(H,34,37)(H,35,38)/t27-,28-/m0/s1. The van der Waals surface area contributed by atoms with Gasteiger partial charge < -0.3 is 15.5 Å². The van der Waals surface area contributed by atoms with E-state index in [1.165, 1.54) is 12.1 Å². The summed E-state index contributed by atoms with van der Waals surface area (Å²) in [5.74, 6) is -0.461. The van der Waals surface area contributed by atoms with Crippen molar-refractivity contribution in [1.82, 2.24) is 10.6 Å². The van der Waals surface area contributed by atoms with E-state index in [4.69, 9.17) is 0 Å². The highest BCUT2D eigenvalue weighted by molar-refractivity contribution is 5.97. The molecular weight excluding hydrogens is 481 g/mol. The Morgan fingerprint density at radius 2 is 1.16 bits per heavy atom. The Labute approximate surface area is 221 Å². The van der Waals surface area contributed by atoms with Crippen molar-refractivity contribution < 1.29 is 14.0 Å². The van der Waals surface area contributed by atoms with Gasteiger partial charge in [0.1, 0.15) is 17.9 Å². The van der Waals surface area contributed by atoms with Crippen molar-refractivity contribution in [2.45, 2.75) is 25.2 Å². The van der Waals surface area contributed by atoms with Gasteiger partial charge in [0.15, 0.2) is 0 Å². The monoisotopic (exact) mass is 511 g/mol. The Morgan fingerprint density at radius 1 is 0.711 bits per heavy atom. The number of amides is 2. The number of rotatable bonds is 9. The summed E-state index contributed by atoms with van der Waals surface area (Å²) in [7, 11) is 0. The summed E-state index contributed by atoms with van der Waals surface area (Å²) in [6.45, 7) is 2.57. The molecule has 4 N–H and O–H groups in total. The molecular formula is C30H30FN5O2. The molecule has 0 aromatic heterocycles. The van der Waals surface area contributed by atoms with Crippen LogP contribution in [-0.2, 0) is 22.7 Å². The number of carbonyl (C=O) groups excluding carboxylic acids is 2. The molecule has 2 aliphatic heterocycles. The Morgan fingerprint density at radius 3 is 1.55 bits per heavy atom. The second-order valence-corrected chi connectivity index (χ2v) is 9.33. The first kappa shape index (κ1) is 25.4. The highest BCUT2D eigenvalue weighted by Gasteiger charge is 2.18. The van der Waals surface area contributed by atoms with E-state index >= 15 is 0 Å². The van der Waals surface area contributed by atoms with Gasteiger partial charge in [-0.15, -0.1) is 0 Å². The van der Waals surface area contributed by atoms with E-state index in [0.29, 0.717) is 26.2 Å². The normalized spacial score (nSPS) is 17.9. The molecule has 0 saturated heterocycles. The minimum atomic E-state index is -0.306. The number of nitrogens with one attached hydrogen (secondary N) is 4. The number of hydrogen-bond donors (Lipinski definition) is 4. The topological polar surface area (TPSA) is 85.5 Å². The summed E-state index contributed by atoms with van der Waals surface area (Å²) in [4.78, 5) is 26.9. The van der Waals surface area contributed by atoms with E-state index in [0.717, 1.165) is 28.2 Å². The average molecular weight is 512 g/mol. The largest absolute Gasteiger partial charge is 0.363 e. The van der Waals surface area contributed by atoms with E-state index in [9.17, 15) is 14.0 Å². The molecule has 194 valence electrons. The molecule has 0 fully saturated rings. The summed E-state index contributed by atoms with van der Waals surface area (Å²) in [6, 6.07) is 21.3. The van der Waals surface area contributed by atoms with Crippen LogP contribution < -0.4 is 26.2 Å². The van der Waals surface area contributed by atoms with Crippen molar-refractivity contribution in [3.63, 3.8) is 0 Å².